The molecule has 7 heteroatoms. The molecule has 0 spiro atoms. The first kappa shape index (κ1) is 25.0. The molecule has 0 fully saturated rings. The quantitative estimate of drug-likeness (QED) is 0.420. The number of ether oxygens (including phenoxy) is 3. The predicted molar refractivity (Wildman–Crippen MR) is 121 cm³/mol. The fourth-order valence-electron chi connectivity index (χ4n) is 2.86. The van der Waals surface area contributed by atoms with Gasteiger partial charge < -0.3 is 14.2 Å². The van der Waals surface area contributed by atoms with Crippen LogP contribution in [-0.2, 0) is 19.1 Å². The van der Waals surface area contributed by atoms with Gasteiger partial charge in [-0.1, -0.05) is 60.5 Å². The zero-order valence-corrected chi connectivity index (χ0v) is 19.9. The van der Waals surface area contributed by atoms with E-state index in [1.54, 1.807) is 52.8 Å². The van der Waals surface area contributed by atoms with Gasteiger partial charge in [0.05, 0.1) is 17.4 Å². The number of hydrogen-bond donors (Lipinski definition) is 0. The van der Waals surface area contributed by atoms with Gasteiger partial charge in [-0.05, 0) is 51.5 Å². The number of hydrogen-bond acceptors (Lipinski definition) is 5. The molecular formula is C24H28Cl2O5. The molecule has 0 bridgehead atoms. The van der Waals surface area contributed by atoms with Crippen LogP contribution in [-0.4, -0.2) is 23.6 Å². The zero-order chi connectivity index (χ0) is 23.2. The molecular weight excluding hydrogens is 439 g/mol. The van der Waals surface area contributed by atoms with Crippen LogP contribution < -0.4 is 4.74 Å². The van der Waals surface area contributed by atoms with Crippen molar-refractivity contribution in [2.75, 3.05) is 0 Å². The zero-order valence-electron chi connectivity index (χ0n) is 18.4. The third-order valence-corrected chi connectivity index (χ3v) is 4.83. The van der Waals surface area contributed by atoms with Gasteiger partial charge in [0.25, 0.3) is 0 Å². The predicted octanol–water partition coefficient (Wildman–Crippen LogP) is 6.41. The van der Waals surface area contributed by atoms with Crippen LogP contribution in [0.25, 0.3) is 0 Å². The lowest BCUT2D eigenvalue weighted by atomic mass is 10.0. The van der Waals surface area contributed by atoms with E-state index in [1.165, 1.54) is 0 Å². The Labute approximate surface area is 193 Å². The molecule has 0 aliphatic heterocycles. The number of carbonyl (C=O) groups is 2. The van der Waals surface area contributed by atoms with Crippen molar-refractivity contribution in [2.45, 2.75) is 58.8 Å². The molecule has 0 radical (unpaired) electrons. The molecule has 2 rings (SSSR count). The van der Waals surface area contributed by atoms with Crippen LogP contribution in [0.1, 0.15) is 52.7 Å². The summed E-state index contributed by atoms with van der Waals surface area (Å²) in [6, 6.07) is 14.3. The highest BCUT2D eigenvalue weighted by atomic mass is 35.5. The molecule has 0 amide bonds. The first-order valence-corrected chi connectivity index (χ1v) is 10.8. The van der Waals surface area contributed by atoms with Crippen LogP contribution in [0.15, 0.2) is 48.5 Å². The lowest BCUT2D eigenvalue weighted by Gasteiger charge is -2.27. The molecule has 0 aromatic heterocycles. The molecule has 2 aromatic rings. The minimum Gasteiger partial charge on any atom is -0.480 e. The van der Waals surface area contributed by atoms with Crippen molar-refractivity contribution < 1.29 is 23.8 Å². The molecule has 0 saturated carbocycles. The Bertz CT molecular complexity index is 893. The van der Waals surface area contributed by atoms with Gasteiger partial charge in [0, 0.05) is 5.02 Å². The summed E-state index contributed by atoms with van der Waals surface area (Å²) in [5.41, 5.74) is 0.201. The van der Waals surface area contributed by atoms with Crippen molar-refractivity contribution in [1.82, 2.24) is 0 Å². The smallest absolute Gasteiger partial charge is 0.309 e. The average Bonchev–Trinajstić information content (AvgIpc) is 2.66. The summed E-state index contributed by atoms with van der Waals surface area (Å²) in [6.45, 7) is 8.70. The third kappa shape index (κ3) is 8.08. The normalized spacial score (nSPS) is 14.3. The van der Waals surface area contributed by atoms with Crippen LogP contribution >= 0.6 is 23.2 Å². The lowest BCUT2D eigenvalue weighted by Crippen LogP contribution is -2.31. The van der Waals surface area contributed by atoms with Crippen LogP contribution in [0, 0.1) is 5.92 Å². The summed E-state index contributed by atoms with van der Waals surface area (Å²) in [7, 11) is 0. The largest absolute Gasteiger partial charge is 0.480 e. The molecule has 0 heterocycles. The van der Waals surface area contributed by atoms with E-state index < -0.39 is 35.7 Å². The second-order valence-electron chi connectivity index (χ2n) is 8.36. The van der Waals surface area contributed by atoms with Gasteiger partial charge in [-0.25, -0.2) is 0 Å². The molecule has 31 heavy (non-hydrogen) atoms. The monoisotopic (exact) mass is 466 g/mol. The highest BCUT2D eigenvalue weighted by Crippen LogP contribution is 2.33. The Morgan fingerprint density at radius 3 is 2.23 bits per heavy atom. The van der Waals surface area contributed by atoms with Gasteiger partial charge in [-0.2, -0.15) is 0 Å². The Hall–Kier alpha value is -2.24. The van der Waals surface area contributed by atoms with Gasteiger partial charge in [-0.3, -0.25) is 9.59 Å². The molecule has 168 valence electrons. The second-order valence-corrected chi connectivity index (χ2v) is 9.20. The summed E-state index contributed by atoms with van der Waals surface area (Å²) in [4.78, 5) is 24.7. The molecule has 3 atom stereocenters. The number of carbonyl (C=O) groups excluding carboxylic acids is 2. The minimum absolute atomic E-state index is 0.0668. The maximum absolute atomic E-state index is 12.6. The molecule has 5 nitrogen and oxygen atoms in total. The van der Waals surface area contributed by atoms with E-state index in [2.05, 4.69) is 0 Å². The Morgan fingerprint density at radius 2 is 1.65 bits per heavy atom. The minimum atomic E-state index is -0.659. The van der Waals surface area contributed by atoms with E-state index in [0.717, 1.165) is 5.56 Å². The first-order valence-electron chi connectivity index (χ1n) is 10.1. The summed E-state index contributed by atoms with van der Waals surface area (Å²) in [6.07, 6.45) is -1.33. The van der Waals surface area contributed by atoms with Crippen LogP contribution in [0.3, 0.4) is 0 Å². The standard InChI is InChI=1S/C24H28Cl2O5/c1-15(13-21(27)31-24(3,4)5)23(28)29-16(2)22(17-9-7-6-8-10-17)30-20-12-11-18(25)14-19(20)26/h6-12,14-16,22H,13H2,1-5H3/t15-,16+,22-/m1/s1. The van der Waals surface area contributed by atoms with Crippen LogP contribution in [0.2, 0.25) is 10.0 Å². The third-order valence-electron chi connectivity index (χ3n) is 4.30. The van der Waals surface area contributed by atoms with Gasteiger partial charge >= 0.3 is 11.9 Å². The molecule has 0 saturated heterocycles. The fraction of sp³-hybridized carbons (Fsp3) is 0.417. The highest BCUT2D eigenvalue weighted by Gasteiger charge is 2.29. The molecule has 0 aliphatic carbocycles. The number of benzene rings is 2. The molecule has 0 aliphatic rings. The lowest BCUT2D eigenvalue weighted by molar-refractivity contribution is -0.165. The van der Waals surface area contributed by atoms with Gasteiger partial charge in [-0.15, -0.1) is 0 Å². The topological polar surface area (TPSA) is 61.8 Å². The number of esters is 2. The van der Waals surface area contributed by atoms with Crippen molar-refractivity contribution in [3.05, 3.63) is 64.1 Å². The van der Waals surface area contributed by atoms with Gasteiger partial charge in [0.1, 0.15) is 17.5 Å². The van der Waals surface area contributed by atoms with Crippen molar-refractivity contribution in [1.29, 1.82) is 0 Å². The van der Waals surface area contributed by atoms with E-state index in [4.69, 9.17) is 37.4 Å². The van der Waals surface area contributed by atoms with Crippen molar-refractivity contribution in [2.24, 2.45) is 5.92 Å². The summed E-state index contributed by atoms with van der Waals surface area (Å²) >= 11 is 12.2. The second kappa shape index (κ2) is 10.9. The molecule has 0 unspecified atom stereocenters. The van der Waals surface area contributed by atoms with E-state index in [-0.39, 0.29) is 6.42 Å². The first-order chi connectivity index (χ1) is 14.5. The van der Waals surface area contributed by atoms with E-state index in [9.17, 15) is 9.59 Å². The van der Waals surface area contributed by atoms with E-state index in [1.807, 2.05) is 30.3 Å². The van der Waals surface area contributed by atoms with E-state index >= 15 is 0 Å². The summed E-state index contributed by atoms with van der Waals surface area (Å²) in [5, 5.41) is 0.842. The van der Waals surface area contributed by atoms with Crippen molar-refractivity contribution in [3.63, 3.8) is 0 Å². The molecule has 0 N–H and O–H groups in total. The highest BCUT2D eigenvalue weighted by molar-refractivity contribution is 6.35. The summed E-state index contributed by atoms with van der Waals surface area (Å²) < 4.78 is 17.1. The van der Waals surface area contributed by atoms with E-state index in [0.29, 0.717) is 15.8 Å². The van der Waals surface area contributed by atoms with Gasteiger partial charge in [0.15, 0.2) is 6.10 Å². The number of halogens is 2. The Balaban J connectivity index is 2.13. The van der Waals surface area contributed by atoms with Crippen LogP contribution in [0.5, 0.6) is 5.75 Å². The van der Waals surface area contributed by atoms with Crippen LogP contribution in [0.4, 0.5) is 0 Å². The van der Waals surface area contributed by atoms with Crippen molar-refractivity contribution in [3.8, 4) is 5.75 Å². The SMILES string of the molecule is C[C@H](CC(=O)OC(C)(C)C)C(=O)O[C@@H](C)[C@@H](Oc1ccc(Cl)cc1Cl)c1ccccc1. The average molecular weight is 467 g/mol. The summed E-state index contributed by atoms with van der Waals surface area (Å²) in [5.74, 6) is -1.20. The fourth-order valence-corrected chi connectivity index (χ4v) is 3.32. The number of rotatable bonds is 8. The Kier molecular flexibility index (Phi) is 8.78. The Morgan fingerprint density at radius 1 is 1.00 bits per heavy atom. The van der Waals surface area contributed by atoms with Gasteiger partial charge in [0.2, 0.25) is 0 Å². The maximum Gasteiger partial charge on any atom is 0.309 e. The molecule has 2 aromatic carbocycles. The maximum atomic E-state index is 12.6. The van der Waals surface area contributed by atoms with Crippen molar-refractivity contribution >= 4 is 35.1 Å².